The number of pyridine rings is 1. The summed E-state index contributed by atoms with van der Waals surface area (Å²) in [7, 11) is 0. The highest BCUT2D eigenvalue weighted by Gasteiger charge is 2.23. The van der Waals surface area contributed by atoms with Gasteiger partial charge in [0.1, 0.15) is 5.69 Å². The standard InChI is InChI=1S/C25H26N4O2/c1-3-31-25(30)22-16-21(18-10-12-20(13-11-18)29-14-7-15-29)23(17(2)26)24(28-22)27-19-8-5-4-6-9-19/h4-6,8-13,16,26H,3,7,14-15H2,1-2H3,(H,27,28)/p+1. The lowest BCUT2D eigenvalue weighted by atomic mass is 9.96. The van der Waals surface area contributed by atoms with E-state index in [0.717, 1.165) is 29.9 Å². The van der Waals surface area contributed by atoms with Crippen LogP contribution in [0, 0.1) is 5.41 Å². The van der Waals surface area contributed by atoms with Crippen molar-refractivity contribution in [3.8, 4) is 11.1 Å². The topological polar surface area (TPSA) is 82.9 Å². The first-order valence-electron chi connectivity index (χ1n) is 10.6. The normalized spacial score (nSPS) is 12.9. The fraction of sp³-hybridized carbons (Fsp3) is 0.240. The van der Waals surface area contributed by atoms with E-state index >= 15 is 0 Å². The van der Waals surface area contributed by atoms with E-state index in [0.29, 0.717) is 17.1 Å². The number of hydrogen-bond acceptors (Lipinski definition) is 5. The lowest BCUT2D eigenvalue weighted by Gasteiger charge is -2.33. The Morgan fingerprint density at radius 1 is 1.13 bits per heavy atom. The minimum Gasteiger partial charge on any atom is -0.461 e. The first-order valence-corrected chi connectivity index (χ1v) is 10.6. The molecular formula is C25H27N4O2+. The van der Waals surface area contributed by atoms with E-state index in [2.05, 4.69) is 34.1 Å². The molecule has 1 fully saturated rings. The van der Waals surface area contributed by atoms with Gasteiger partial charge >= 0.3 is 5.97 Å². The third-order valence-corrected chi connectivity index (χ3v) is 5.41. The number of hydrogen-bond donors (Lipinski definition) is 2. The van der Waals surface area contributed by atoms with E-state index in [-0.39, 0.29) is 12.3 Å². The van der Waals surface area contributed by atoms with E-state index in [1.165, 1.54) is 12.1 Å². The summed E-state index contributed by atoms with van der Waals surface area (Å²) in [6.07, 6.45) is 1.23. The second-order valence-electron chi connectivity index (χ2n) is 7.60. The fourth-order valence-electron chi connectivity index (χ4n) is 3.73. The molecule has 1 saturated heterocycles. The molecule has 1 aliphatic rings. The van der Waals surface area contributed by atoms with Crippen LogP contribution in [0.4, 0.5) is 17.2 Å². The third kappa shape index (κ3) is 4.49. The first kappa shape index (κ1) is 20.8. The van der Waals surface area contributed by atoms with Gasteiger partial charge in [0, 0.05) is 30.1 Å². The highest BCUT2D eigenvalue weighted by Crippen LogP contribution is 2.31. The van der Waals surface area contributed by atoms with Gasteiger partial charge < -0.3 is 15.0 Å². The summed E-state index contributed by atoms with van der Waals surface area (Å²) >= 11 is 0. The molecule has 0 atom stereocenters. The summed E-state index contributed by atoms with van der Waals surface area (Å²) in [6, 6.07) is 19.9. The molecule has 6 nitrogen and oxygen atoms in total. The number of para-hydroxylation sites is 1. The number of esters is 1. The van der Waals surface area contributed by atoms with Crippen molar-refractivity contribution in [2.24, 2.45) is 0 Å². The van der Waals surface area contributed by atoms with Crippen molar-refractivity contribution in [3.63, 3.8) is 0 Å². The van der Waals surface area contributed by atoms with Crippen molar-refractivity contribution in [1.29, 1.82) is 5.41 Å². The largest absolute Gasteiger partial charge is 0.461 e. The molecule has 6 heteroatoms. The SMILES string of the molecule is CCOC(=O)c1cc(-c2ccc(N3CCC3)cc2)c(C(C)=N)c([NH2+]c2ccccc2)n1. The van der Waals surface area contributed by atoms with Crippen molar-refractivity contribution in [2.45, 2.75) is 20.3 Å². The molecule has 0 radical (unpaired) electrons. The van der Waals surface area contributed by atoms with E-state index in [1.807, 2.05) is 35.6 Å². The molecule has 3 aromatic rings. The minimum absolute atomic E-state index is 0.246. The molecule has 0 unspecified atom stereocenters. The molecule has 0 spiro atoms. The predicted octanol–water partition coefficient (Wildman–Crippen LogP) is 4.05. The van der Waals surface area contributed by atoms with Crippen LogP contribution in [0.2, 0.25) is 0 Å². The average Bonchev–Trinajstić information content (AvgIpc) is 2.73. The van der Waals surface area contributed by atoms with Crippen molar-refractivity contribution >= 4 is 28.9 Å². The summed E-state index contributed by atoms with van der Waals surface area (Å²) in [5.41, 5.74) is 5.26. The molecule has 2 aromatic carbocycles. The van der Waals surface area contributed by atoms with E-state index in [1.54, 1.807) is 19.9 Å². The van der Waals surface area contributed by atoms with Crippen LogP contribution in [0.1, 0.15) is 36.3 Å². The van der Waals surface area contributed by atoms with Gasteiger partial charge in [-0.25, -0.2) is 4.79 Å². The second kappa shape index (κ2) is 9.10. The zero-order chi connectivity index (χ0) is 21.8. The number of nitrogens with one attached hydrogen (secondary N) is 1. The Morgan fingerprint density at radius 2 is 1.84 bits per heavy atom. The van der Waals surface area contributed by atoms with Crippen LogP contribution >= 0.6 is 0 Å². The minimum atomic E-state index is -0.460. The fourth-order valence-corrected chi connectivity index (χ4v) is 3.73. The molecule has 3 N–H and O–H groups in total. The molecule has 0 amide bonds. The van der Waals surface area contributed by atoms with Gasteiger partial charge in [-0.2, -0.15) is 4.98 Å². The lowest BCUT2D eigenvalue weighted by Crippen LogP contribution is -2.72. The molecule has 1 aromatic heterocycles. The Balaban J connectivity index is 1.82. The smallest absolute Gasteiger partial charge is 0.357 e. The van der Waals surface area contributed by atoms with E-state index in [9.17, 15) is 4.79 Å². The zero-order valence-electron chi connectivity index (χ0n) is 17.9. The van der Waals surface area contributed by atoms with Crippen LogP contribution in [0.3, 0.4) is 0 Å². The number of quaternary nitrogens is 1. The number of ether oxygens (including phenoxy) is 1. The molecule has 2 heterocycles. The number of benzene rings is 2. The van der Waals surface area contributed by atoms with Gasteiger partial charge in [-0.15, -0.1) is 0 Å². The third-order valence-electron chi connectivity index (χ3n) is 5.41. The van der Waals surface area contributed by atoms with Crippen molar-refractivity contribution in [1.82, 2.24) is 4.98 Å². The van der Waals surface area contributed by atoms with Crippen molar-refractivity contribution in [2.75, 3.05) is 24.6 Å². The summed E-state index contributed by atoms with van der Waals surface area (Å²) in [5, 5.41) is 10.4. The first-order chi connectivity index (χ1) is 15.1. The number of carbonyl (C=O) groups is 1. The predicted molar refractivity (Wildman–Crippen MR) is 123 cm³/mol. The van der Waals surface area contributed by atoms with Crippen LogP contribution in [-0.4, -0.2) is 36.4 Å². The van der Waals surface area contributed by atoms with Crippen LogP contribution in [0.15, 0.2) is 60.7 Å². The summed E-state index contributed by atoms with van der Waals surface area (Å²) in [5.74, 6) is 0.129. The number of aromatic nitrogens is 1. The number of carbonyl (C=O) groups excluding carboxylic acids is 1. The Bertz CT molecular complexity index is 1090. The van der Waals surface area contributed by atoms with Gasteiger partial charge in [0.15, 0.2) is 5.69 Å². The van der Waals surface area contributed by atoms with E-state index < -0.39 is 5.97 Å². The number of anilines is 1. The Kier molecular flexibility index (Phi) is 6.09. The zero-order valence-corrected chi connectivity index (χ0v) is 17.9. The maximum Gasteiger partial charge on any atom is 0.357 e. The summed E-state index contributed by atoms with van der Waals surface area (Å²) in [6.45, 7) is 5.98. The molecular weight excluding hydrogens is 388 g/mol. The molecule has 31 heavy (non-hydrogen) atoms. The highest BCUT2D eigenvalue weighted by molar-refractivity contribution is 6.06. The van der Waals surface area contributed by atoms with E-state index in [4.69, 9.17) is 10.1 Å². The maximum atomic E-state index is 12.5. The molecule has 0 saturated carbocycles. The lowest BCUT2D eigenvalue weighted by molar-refractivity contribution is -0.483. The van der Waals surface area contributed by atoms with Crippen LogP contribution in [0.25, 0.3) is 11.1 Å². The number of nitrogens with two attached hydrogens (primary N) is 1. The Hall–Kier alpha value is -3.51. The van der Waals surface area contributed by atoms with Crippen molar-refractivity contribution in [3.05, 3.63) is 71.9 Å². The molecule has 158 valence electrons. The highest BCUT2D eigenvalue weighted by atomic mass is 16.5. The Morgan fingerprint density at radius 3 is 2.42 bits per heavy atom. The molecule has 0 bridgehead atoms. The van der Waals surface area contributed by atoms with Gasteiger partial charge in [0.25, 0.3) is 0 Å². The van der Waals surface area contributed by atoms with Gasteiger partial charge in [0.2, 0.25) is 5.82 Å². The van der Waals surface area contributed by atoms with Crippen molar-refractivity contribution < 1.29 is 14.8 Å². The molecule has 1 aliphatic heterocycles. The summed E-state index contributed by atoms with van der Waals surface area (Å²) < 4.78 is 5.22. The Labute approximate surface area is 182 Å². The van der Waals surface area contributed by atoms with Gasteiger partial charge in [-0.1, -0.05) is 30.3 Å². The number of nitrogens with zero attached hydrogens (tertiary/aromatic N) is 2. The summed E-state index contributed by atoms with van der Waals surface area (Å²) in [4.78, 5) is 19.5. The van der Waals surface area contributed by atoms with Crippen LogP contribution in [0.5, 0.6) is 0 Å². The second-order valence-corrected chi connectivity index (χ2v) is 7.60. The van der Waals surface area contributed by atoms with Gasteiger partial charge in [0.05, 0.1) is 12.2 Å². The molecule has 0 aliphatic carbocycles. The number of rotatable bonds is 7. The van der Waals surface area contributed by atoms with Crippen LogP contribution < -0.4 is 10.2 Å². The molecule has 4 rings (SSSR count). The average molecular weight is 416 g/mol. The maximum absolute atomic E-state index is 12.5. The van der Waals surface area contributed by atoms with Gasteiger partial charge in [-0.3, -0.25) is 5.32 Å². The monoisotopic (exact) mass is 415 g/mol. The van der Waals surface area contributed by atoms with Crippen LogP contribution in [-0.2, 0) is 4.74 Å². The quantitative estimate of drug-likeness (QED) is 0.346. The van der Waals surface area contributed by atoms with Gasteiger partial charge in [-0.05, 0) is 56.2 Å².